The average Bonchev–Trinajstić information content (AvgIpc) is 2.62. The Kier molecular flexibility index (Phi) is 6.38. The molecular weight excluding hydrogens is 348 g/mol. The highest BCUT2D eigenvalue weighted by atomic mass is 32.2. The second-order valence-corrected chi connectivity index (χ2v) is 7.27. The van der Waals surface area contributed by atoms with Gasteiger partial charge >= 0.3 is 12.1 Å². The van der Waals surface area contributed by atoms with E-state index in [1.165, 1.54) is 33.5 Å². The van der Waals surface area contributed by atoms with Crippen molar-refractivity contribution in [3.8, 4) is 0 Å². The molecule has 8 nitrogen and oxygen atoms in total. The van der Waals surface area contributed by atoms with Gasteiger partial charge in [0.25, 0.3) is 0 Å². The van der Waals surface area contributed by atoms with Gasteiger partial charge in [0.2, 0.25) is 10.0 Å². The molecule has 25 heavy (non-hydrogen) atoms. The van der Waals surface area contributed by atoms with Crippen LogP contribution in [-0.4, -0.2) is 69.1 Å². The van der Waals surface area contributed by atoms with Crippen LogP contribution >= 0.6 is 0 Å². The maximum absolute atomic E-state index is 12.7. The van der Waals surface area contributed by atoms with Crippen LogP contribution < -0.4 is 0 Å². The van der Waals surface area contributed by atoms with Crippen LogP contribution in [0.1, 0.15) is 24.2 Å². The standard InChI is InChI=1S/C16H22N2O6S/c1-3-23-15(19)13-5-7-14(8-6-13)25(21,22)18-11-9-17(10-12-18)16(20)24-4-2/h5-8H,3-4,9-12H2,1-2H3. The molecule has 0 aliphatic carbocycles. The summed E-state index contributed by atoms with van der Waals surface area (Å²) >= 11 is 0. The van der Waals surface area contributed by atoms with E-state index < -0.39 is 22.1 Å². The van der Waals surface area contributed by atoms with Crippen molar-refractivity contribution >= 4 is 22.1 Å². The summed E-state index contributed by atoms with van der Waals surface area (Å²) in [5.74, 6) is -0.491. The Labute approximate surface area is 147 Å². The normalized spacial score (nSPS) is 15.7. The van der Waals surface area contributed by atoms with Crippen molar-refractivity contribution in [3.05, 3.63) is 29.8 Å². The first-order valence-electron chi connectivity index (χ1n) is 8.09. The number of hydrogen-bond donors (Lipinski definition) is 0. The molecule has 1 fully saturated rings. The van der Waals surface area contributed by atoms with Crippen LogP contribution in [0.5, 0.6) is 0 Å². The molecule has 138 valence electrons. The van der Waals surface area contributed by atoms with E-state index in [0.717, 1.165) is 0 Å². The molecule has 2 rings (SSSR count). The quantitative estimate of drug-likeness (QED) is 0.726. The van der Waals surface area contributed by atoms with E-state index in [2.05, 4.69) is 0 Å². The molecule has 1 saturated heterocycles. The second-order valence-electron chi connectivity index (χ2n) is 5.33. The van der Waals surface area contributed by atoms with Crippen molar-refractivity contribution in [1.29, 1.82) is 0 Å². The van der Waals surface area contributed by atoms with Gasteiger partial charge in [-0.1, -0.05) is 0 Å². The Morgan fingerprint density at radius 3 is 2.04 bits per heavy atom. The zero-order chi connectivity index (χ0) is 18.4. The molecule has 0 radical (unpaired) electrons. The van der Waals surface area contributed by atoms with Crippen LogP contribution in [0.25, 0.3) is 0 Å². The molecule has 0 atom stereocenters. The summed E-state index contributed by atoms with van der Waals surface area (Å²) in [6, 6.07) is 5.64. The van der Waals surface area contributed by atoms with Gasteiger partial charge in [-0.15, -0.1) is 0 Å². The molecule has 1 aliphatic heterocycles. The number of ether oxygens (including phenoxy) is 2. The zero-order valence-electron chi connectivity index (χ0n) is 14.3. The number of carbonyl (C=O) groups excluding carboxylic acids is 2. The van der Waals surface area contributed by atoms with Crippen molar-refractivity contribution < 1.29 is 27.5 Å². The molecule has 1 amide bonds. The smallest absolute Gasteiger partial charge is 0.409 e. The van der Waals surface area contributed by atoms with Crippen LogP contribution in [0.4, 0.5) is 4.79 Å². The van der Waals surface area contributed by atoms with Crippen LogP contribution in [0.15, 0.2) is 29.2 Å². The third kappa shape index (κ3) is 4.49. The molecule has 0 saturated carbocycles. The largest absolute Gasteiger partial charge is 0.462 e. The van der Waals surface area contributed by atoms with Crippen LogP contribution in [0.3, 0.4) is 0 Å². The van der Waals surface area contributed by atoms with E-state index >= 15 is 0 Å². The fourth-order valence-corrected chi connectivity index (χ4v) is 3.87. The Balaban J connectivity index is 2.04. The van der Waals surface area contributed by atoms with Gasteiger partial charge in [0, 0.05) is 26.2 Å². The third-order valence-corrected chi connectivity index (χ3v) is 5.68. The molecule has 1 aromatic rings. The molecule has 1 aromatic carbocycles. The first-order valence-corrected chi connectivity index (χ1v) is 9.53. The minimum atomic E-state index is -3.68. The summed E-state index contributed by atoms with van der Waals surface area (Å²) in [6.45, 7) is 4.90. The van der Waals surface area contributed by atoms with Gasteiger partial charge in [0.05, 0.1) is 23.7 Å². The van der Waals surface area contributed by atoms with E-state index in [9.17, 15) is 18.0 Å². The lowest BCUT2D eigenvalue weighted by molar-refractivity contribution is 0.0526. The van der Waals surface area contributed by atoms with Crippen molar-refractivity contribution in [3.63, 3.8) is 0 Å². The van der Waals surface area contributed by atoms with Crippen LogP contribution in [0.2, 0.25) is 0 Å². The van der Waals surface area contributed by atoms with Crippen molar-refractivity contribution in [2.75, 3.05) is 39.4 Å². The molecule has 0 aromatic heterocycles. The third-order valence-electron chi connectivity index (χ3n) is 3.77. The molecule has 0 bridgehead atoms. The Morgan fingerprint density at radius 1 is 0.960 bits per heavy atom. The van der Waals surface area contributed by atoms with Crippen molar-refractivity contribution in [1.82, 2.24) is 9.21 Å². The van der Waals surface area contributed by atoms with E-state index in [0.29, 0.717) is 5.56 Å². The van der Waals surface area contributed by atoms with E-state index in [1.54, 1.807) is 13.8 Å². The molecular formula is C16H22N2O6S. The van der Waals surface area contributed by atoms with E-state index in [-0.39, 0.29) is 44.3 Å². The fourth-order valence-electron chi connectivity index (χ4n) is 2.45. The zero-order valence-corrected chi connectivity index (χ0v) is 15.1. The molecule has 0 unspecified atom stereocenters. The van der Waals surface area contributed by atoms with Crippen LogP contribution in [0, 0.1) is 0 Å². The van der Waals surface area contributed by atoms with E-state index in [1.807, 2.05) is 0 Å². The Hall–Kier alpha value is -2.13. The molecule has 9 heteroatoms. The molecule has 0 spiro atoms. The summed E-state index contributed by atoms with van der Waals surface area (Å²) < 4.78 is 36.5. The lowest BCUT2D eigenvalue weighted by Gasteiger charge is -2.33. The summed E-state index contributed by atoms with van der Waals surface area (Å²) in [5.41, 5.74) is 0.299. The first kappa shape index (κ1) is 19.2. The van der Waals surface area contributed by atoms with Crippen molar-refractivity contribution in [2.24, 2.45) is 0 Å². The predicted octanol–water partition coefficient (Wildman–Crippen LogP) is 1.33. The topological polar surface area (TPSA) is 93.2 Å². The highest BCUT2D eigenvalue weighted by molar-refractivity contribution is 7.89. The fraction of sp³-hybridized carbons (Fsp3) is 0.500. The number of piperazine rings is 1. The molecule has 1 heterocycles. The number of amides is 1. The second kappa shape index (κ2) is 8.30. The van der Waals surface area contributed by atoms with Crippen LogP contribution in [-0.2, 0) is 19.5 Å². The number of nitrogens with zero attached hydrogens (tertiary/aromatic N) is 2. The van der Waals surface area contributed by atoms with Gasteiger partial charge in [-0.3, -0.25) is 0 Å². The summed E-state index contributed by atoms with van der Waals surface area (Å²) in [7, 11) is -3.68. The summed E-state index contributed by atoms with van der Waals surface area (Å²) in [5, 5.41) is 0. The van der Waals surface area contributed by atoms with E-state index in [4.69, 9.17) is 9.47 Å². The lowest BCUT2D eigenvalue weighted by Crippen LogP contribution is -2.50. The van der Waals surface area contributed by atoms with Crippen molar-refractivity contribution in [2.45, 2.75) is 18.7 Å². The number of rotatable bonds is 5. The SMILES string of the molecule is CCOC(=O)c1ccc(S(=O)(=O)N2CCN(C(=O)OCC)CC2)cc1. The molecule has 1 aliphatic rings. The van der Waals surface area contributed by atoms with Gasteiger partial charge in [-0.05, 0) is 38.1 Å². The van der Waals surface area contributed by atoms with Gasteiger partial charge < -0.3 is 14.4 Å². The Morgan fingerprint density at radius 2 is 1.52 bits per heavy atom. The number of benzene rings is 1. The summed E-state index contributed by atoms with van der Waals surface area (Å²) in [4.78, 5) is 24.9. The lowest BCUT2D eigenvalue weighted by atomic mass is 10.2. The molecule has 0 N–H and O–H groups in total. The average molecular weight is 370 g/mol. The monoisotopic (exact) mass is 370 g/mol. The predicted molar refractivity (Wildman–Crippen MR) is 89.8 cm³/mol. The van der Waals surface area contributed by atoms with Gasteiger partial charge in [-0.2, -0.15) is 4.31 Å². The van der Waals surface area contributed by atoms with Gasteiger partial charge in [0.15, 0.2) is 0 Å². The minimum absolute atomic E-state index is 0.102. The maximum atomic E-state index is 12.7. The maximum Gasteiger partial charge on any atom is 0.409 e. The number of esters is 1. The number of hydrogen-bond acceptors (Lipinski definition) is 6. The number of carbonyl (C=O) groups is 2. The van der Waals surface area contributed by atoms with Gasteiger partial charge in [-0.25, -0.2) is 18.0 Å². The minimum Gasteiger partial charge on any atom is -0.462 e. The number of sulfonamides is 1. The highest BCUT2D eigenvalue weighted by Gasteiger charge is 2.30. The highest BCUT2D eigenvalue weighted by Crippen LogP contribution is 2.19. The van der Waals surface area contributed by atoms with Gasteiger partial charge in [0.1, 0.15) is 0 Å². The Bertz CT molecular complexity index is 709. The summed E-state index contributed by atoms with van der Waals surface area (Å²) in [6.07, 6.45) is -0.432. The first-order chi connectivity index (χ1) is 11.9.